The lowest BCUT2D eigenvalue weighted by atomic mass is 10.1. The molecule has 1 aromatic heterocycles. The van der Waals surface area contributed by atoms with Gasteiger partial charge in [0.1, 0.15) is 17.2 Å². The van der Waals surface area contributed by atoms with Crippen molar-refractivity contribution < 1.29 is 14.6 Å². The number of benzene rings is 2. The van der Waals surface area contributed by atoms with Crippen molar-refractivity contribution in [3.05, 3.63) is 48.9 Å². The van der Waals surface area contributed by atoms with Crippen LogP contribution in [0, 0.1) is 0 Å². The molecule has 2 aromatic carbocycles. The van der Waals surface area contributed by atoms with Gasteiger partial charge in [-0.25, -0.2) is 4.99 Å². The summed E-state index contributed by atoms with van der Waals surface area (Å²) in [7, 11) is 1.56. The Bertz CT molecular complexity index is 1100. The summed E-state index contributed by atoms with van der Waals surface area (Å²) in [5, 5.41) is 11.2. The summed E-state index contributed by atoms with van der Waals surface area (Å²) in [6.07, 6.45) is 0. The number of carbonyl (C=O) groups excluding carboxylic acids is 1. The second-order valence-electron chi connectivity index (χ2n) is 5.43. The molecule has 25 heavy (non-hydrogen) atoms. The first-order valence-corrected chi connectivity index (χ1v) is 9.50. The molecule has 8 heteroatoms. The Morgan fingerprint density at radius 1 is 1.20 bits per heavy atom. The predicted octanol–water partition coefficient (Wildman–Crippen LogP) is 5.49. The fourth-order valence-electron chi connectivity index (χ4n) is 2.84. The normalized spacial score (nSPS) is 13.3. The quantitative estimate of drug-likeness (QED) is 0.462. The molecule has 0 spiro atoms. The van der Waals surface area contributed by atoms with Crippen LogP contribution in [0.1, 0.15) is 16.1 Å². The number of nitrogens with one attached hydrogen (secondary N) is 1. The van der Waals surface area contributed by atoms with Gasteiger partial charge in [-0.05, 0) is 56.1 Å². The molecular formula is C17H9Br3N2O3. The lowest BCUT2D eigenvalue weighted by Gasteiger charge is -2.06. The van der Waals surface area contributed by atoms with Crippen LogP contribution in [0.2, 0.25) is 0 Å². The summed E-state index contributed by atoms with van der Waals surface area (Å²) >= 11 is 10.3. The van der Waals surface area contributed by atoms with Crippen molar-refractivity contribution in [1.82, 2.24) is 4.98 Å². The number of ether oxygens (including phenoxy) is 1. The molecule has 0 unspecified atom stereocenters. The molecule has 2 N–H and O–H groups in total. The van der Waals surface area contributed by atoms with Gasteiger partial charge in [-0.1, -0.05) is 15.9 Å². The highest BCUT2D eigenvalue weighted by Crippen LogP contribution is 2.44. The first kappa shape index (κ1) is 16.8. The number of hydrogen-bond donors (Lipinski definition) is 2. The van der Waals surface area contributed by atoms with Crippen LogP contribution in [-0.2, 0) is 0 Å². The van der Waals surface area contributed by atoms with E-state index in [0.717, 1.165) is 4.47 Å². The first-order chi connectivity index (χ1) is 11.9. The summed E-state index contributed by atoms with van der Waals surface area (Å²) in [4.78, 5) is 20.2. The Balaban J connectivity index is 1.94. The Hall–Kier alpha value is -1.64. The predicted molar refractivity (Wildman–Crippen MR) is 107 cm³/mol. The Morgan fingerprint density at radius 2 is 1.96 bits per heavy atom. The number of aliphatic imine (C=N–C) groups is 1. The number of aromatic nitrogens is 1. The summed E-state index contributed by atoms with van der Waals surface area (Å²) in [6.45, 7) is 0. The zero-order valence-corrected chi connectivity index (χ0v) is 17.4. The van der Waals surface area contributed by atoms with Gasteiger partial charge in [-0.3, -0.25) is 4.79 Å². The van der Waals surface area contributed by atoms with Crippen molar-refractivity contribution in [3.63, 3.8) is 0 Å². The molecule has 0 amide bonds. The van der Waals surface area contributed by atoms with E-state index in [1.165, 1.54) is 0 Å². The lowest BCUT2D eigenvalue weighted by Crippen LogP contribution is -2.11. The maximum absolute atomic E-state index is 12.7. The number of carbonyl (C=O) groups is 1. The Labute approximate surface area is 167 Å². The van der Waals surface area contributed by atoms with Gasteiger partial charge in [-0.15, -0.1) is 0 Å². The van der Waals surface area contributed by atoms with Crippen molar-refractivity contribution in [1.29, 1.82) is 0 Å². The van der Waals surface area contributed by atoms with Crippen molar-refractivity contribution in [2.75, 3.05) is 7.11 Å². The van der Waals surface area contributed by atoms with Crippen LogP contribution in [0.25, 0.3) is 10.9 Å². The number of nitrogens with zero attached hydrogens (tertiary/aromatic N) is 1. The molecule has 0 saturated carbocycles. The van der Waals surface area contributed by atoms with Gasteiger partial charge in [0.25, 0.3) is 0 Å². The van der Waals surface area contributed by atoms with Crippen LogP contribution in [0.4, 0.5) is 5.69 Å². The largest absolute Gasteiger partial charge is 0.505 e. The SMILES string of the molecule is COc1c(Br)cc2c(O)c(C3=Nc4cc(Br)ccc4C3=O)[nH]c2c1Br. The van der Waals surface area contributed by atoms with Crippen molar-refractivity contribution in [2.45, 2.75) is 0 Å². The number of fused-ring (bicyclic) bond motifs is 2. The minimum atomic E-state index is -0.230. The lowest BCUT2D eigenvalue weighted by molar-refractivity contribution is 0.107. The molecular weight excluding hydrogens is 520 g/mol. The monoisotopic (exact) mass is 526 g/mol. The fourth-order valence-corrected chi connectivity index (χ4v) is 4.74. The molecule has 0 bridgehead atoms. The number of aromatic amines is 1. The van der Waals surface area contributed by atoms with Gasteiger partial charge in [0.05, 0.1) is 32.8 Å². The van der Waals surface area contributed by atoms with E-state index in [2.05, 4.69) is 57.8 Å². The molecule has 5 nitrogen and oxygen atoms in total. The van der Waals surface area contributed by atoms with E-state index in [0.29, 0.717) is 36.8 Å². The highest BCUT2D eigenvalue weighted by Gasteiger charge is 2.30. The topological polar surface area (TPSA) is 74.7 Å². The van der Waals surface area contributed by atoms with E-state index < -0.39 is 0 Å². The molecule has 4 rings (SSSR count). The summed E-state index contributed by atoms with van der Waals surface area (Å²) in [5.74, 6) is 0.330. The summed E-state index contributed by atoms with van der Waals surface area (Å²) in [5.41, 5.74) is 2.18. The zero-order valence-electron chi connectivity index (χ0n) is 12.7. The number of methoxy groups -OCH3 is 1. The third-order valence-corrected chi connectivity index (χ3v) is 5.85. The number of aromatic hydroxyl groups is 1. The molecule has 0 fully saturated rings. The van der Waals surface area contributed by atoms with E-state index in [9.17, 15) is 9.90 Å². The van der Waals surface area contributed by atoms with Crippen LogP contribution in [0.5, 0.6) is 11.5 Å². The number of H-pyrrole nitrogens is 1. The molecule has 0 aliphatic carbocycles. The second kappa shape index (κ2) is 5.96. The third-order valence-electron chi connectivity index (χ3n) is 4.01. The van der Waals surface area contributed by atoms with Gasteiger partial charge in [0.2, 0.25) is 5.78 Å². The van der Waals surface area contributed by atoms with Gasteiger partial charge >= 0.3 is 0 Å². The molecule has 0 atom stereocenters. The minimum Gasteiger partial charge on any atom is -0.505 e. The zero-order chi connectivity index (χ0) is 17.9. The smallest absolute Gasteiger partial charge is 0.215 e. The van der Waals surface area contributed by atoms with Crippen LogP contribution in [0.3, 0.4) is 0 Å². The fraction of sp³-hybridized carbons (Fsp3) is 0.0588. The molecule has 126 valence electrons. The third kappa shape index (κ3) is 2.46. The number of ketones is 1. The Kier molecular flexibility index (Phi) is 4.01. The van der Waals surface area contributed by atoms with Gasteiger partial charge in [0, 0.05) is 9.86 Å². The molecule has 0 radical (unpaired) electrons. The maximum atomic E-state index is 12.7. The van der Waals surface area contributed by atoms with Crippen LogP contribution >= 0.6 is 47.8 Å². The molecule has 1 aliphatic rings. The van der Waals surface area contributed by atoms with Crippen molar-refractivity contribution >= 4 is 75.9 Å². The van der Waals surface area contributed by atoms with Gasteiger partial charge in [0.15, 0.2) is 5.75 Å². The van der Waals surface area contributed by atoms with Gasteiger partial charge < -0.3 is 14.8 Å². The van der Waals surface area contributed by atoms with E-state index in [1.807, 2.05) is 0 Å². The summed E-state index contributed by atoms with van der Waals surface area (Å²) in [6, 6.07) is 7.01. The molecule has 3 aromatic rings. The molecule has 1 aliphatic heterocycles. The number of halogens is 3. The minimum absolute atomic E-state index is 0.0296. The second-order valence-corrected chi connectivity index (χ2v) is 7.99. The average Bonchev–Trinajstić information content (AvgIpc) is 3.06. The van der Waals surface area contributed by atoms with Crippen LogP contribution < -0.4 is 4.74 Å². The molecule has 0 saturated heterocycles. The molecule has 2 heterocycles. The first-order valence-electron chi connectivity index (χ1n) is 7.12. The van der Waals surface area contributed by atoms with E-state index in [1.54, 1.807) is 31.4 Å². The number of Topliss-reactive ketones (excluding diaryl/α,β-unsaturated/α-hetero) is 1. The highest BCUT2D eigenvalue weighted by atomic mass is 79.9. The average molecular weight is 529 g/mol. The Morgan fingerprint density at radius 3 is 2.68 bits per heavy atom. The number of rotatable bonds is 2. The summed E-state index contributed by atoms with van der Waals surface area (Å²) < 4.78 is 7.51. The maximum Gasteiger partial charge on any atom is 0.215 e. The van der Waals surface area contributed by atoms with Crippen LogP contribution in [-0.4, -0.2) is 28.7 Å². The van der Waals surface area contributed by atoms with E-state index >= 15 is 0 Å². The van der Waals surface area contributed by atoms with Crippen molar-refractivity contribution in [2.24, 2.45) is 4.99 Å². The van der Waals surface area contributed by atoms with Gasteiger partial charge in [-0.2, -0.15) is 0 Å². The van der Waals surface area contributed by atoms with E-state index in [-0.39, 0.29) is 22.9 Å². The van der Waals surface area contributed by atoms with E-state index in [4.69, 9.17) is 4.74 Å². The van der Waals surface area contributed by atoms with Crippen molar-refractivity contribution in [3.8, 4) is 11.5 Å². The highest BCUT2D eigenvalue weighted by molar-refractivity contribution is 9.11. The van der Waals surface area contributed by atoms with Crippen LogP contribution in [0.15, 0.2) is 42.7 Å². The number of hydrogen-bond acceptors (Lipinski definition) is 4. The standard InChI is InChI=1S/C17H9Br3N2O3/c1-25-17-9(19)5-8-12(11(17)20)22-14(16(8)24)13-15(23)7-3-2-6(18)4-10(7)21-13/h2-5,22,24H,1H3.